The summed E-state index contributed by atoms with van der Waals surface area (Å²) in [6.07, 6.45) is 1.33. The zero-order valence-electron chi connectivity index (χ0n) is 16.6. The molecule has 152 valence electrons. The third-order valence-corrected chi connectivity index (χ3v) is 5.46. The second-order valence-corrected chi connectivity index (χ2v) is 8.27. The van der Waals surface area contributed by atoms with Gasteiger partial charge in [-0.25, -0.2) is 4.79 Å². The van der Waals surface area contributed by atoms with E-state index in [1.165, 1.54) is 0 Å². The van der Waals surface area contributed by atoms with Crippen LogP contribution >= 0.6 is 0 Å². The van der Waals surface area contributed by atoms with E-state index in [9.17, 15) is 14.4 Å². The number of urea groups is 1. The van der Waals surface area contributed by atoms with Crippen molar-refractivity contribution in [1.82, 2.24) is 20.9 Å². The van der Waals surface area contributed by atoms with Crippen LogP contribution in [0.4, 0.5) is 4.79 Å². The van der Waals surface area contributed by atoms with Gasteiger partial charge in [0.2, 0.25) is 11.8 Å². The molecule has 1 aromatic rings. The van der Waals surface area contributed by atoms with Gasteiger partial charge in [-0.15, -0.1) is 0 Å². The SMILES string of the molecule is CC(C)CNC(=O)[C@H]1C[C@@H]2CN(C(=O)NCc3ccccc3)CC(=O)N[C@@H]2C1. The highest BCUT2D eigenvalue weighted by molar-refractivity contribution is 5.85. The fourth-order valence-corrected chi connectivity index (χ4v) is 3.98. The lowest BCUT2D eigenvalue weighted by atomic mass is 10.0. The number of hydrogen-bond acceptors (Lipinski definition) is 3. The van der Waals surface area contributed by atoms with Crippen molar-refractivity contribution in [3.8, 4) is 0 Å². The summed E-state index contributed by atoms with van der Waals surface area (Å²) in [5.41, 5.74) is 1.01. The van der Waals surface area contributed by atoms with Gasteiger partial charge in [-0.3, -0.25) is 9.59 Å². The molecule has 1 aliphatic carbocycles. The van der Waals surface area contributed by atoms with Crippen molar-refractivity contribution in [3.05, 3.63) is 35.9 Å². The van der Waals surface area contributed by atoms with E-state index in [2.05, 4.69) is 29.8 Å². The number of nitrogens with one attached hydrogen (secondary N) is 3. The normalized spacial score (nSPS) is 24.3. The number of carbonyl (C=O) groups is 3. The Labute approximate surface area is 166 Å². The molecule has 0 spiro atoms. The van der Waals surface area contributed by atoms with Crippen LogP contribution in [-0.4, -0.2) is 48.4 Å². The molecule has 1 aromatic carbocycles. The summed E-state index contributed by atoms with van der Waals surface area (Å²) in [6, 6.07) is 9.38. The van der Waals surface area contributed by atoms with Crippen molar-refractivity contribution >= 4 is 17.8 Å². The fourth-order valence-electron chi connectivity index (χ4n) is 3.98. The first-order valence-corrected chi connectivity index (χ1v) is 10.1. The van der Waals surface area contributed by atoms with Crippen LogP contribution in [-0.2, 0) is 16.1 Å². The Balaban J connectivity index is 1.57. The number of benzene rings is 1. The fraction of sp³-hybridized carbons (Fsp3) is 0.571. The Morgan fingerprint density at radius 2 is 1.93 bits per heavy atom. The quantitative estimate of drug-likeness (QED) is 0.716. The second-order valence-electron chi connectivity index (χ2n) is 8.27. The summed E-state index contributed by atoms with van der Waals surface area (Å²) in [6.45, 7) is 5.74. The van der Waals surface area contributed by atoms with E-state index in [4.69, 9.17) is 0 Å². The van der Waals surface area contributed by atoms with Gasteiger partial charge in [-0.1, -0.05) is 44.2 Å². The number of amides is 4. The molecule has 0 bridgehead atoms. The topological polar surface area (TPSA) is 90.5 Å². The van der Waals surface area contributed by atoms with Gasteiger partial charge in [0.15, 0.2) is 0 Å². The number of nitrogens with zero attached hydrogens (tertiary/aromatic N) is 1. The molecule has 2 aliphatic rings. The Kier molecular flexibility index (Phi) is 6.54. The van der Waals surface area contributed by atoms with Crippen molar-refractivity contribution < 1.29 is 14.4 Å². The summed E-state index contributed by atoms with van der Waals surface area (Å²) in [4.78, 5) is 38.9. The van der Waals surface area contributed by atoms with E-state index in [1.807, 2.05) is 30.3 Å². The Morgan fingerprint density at radius 3 is 2.64 bits per heavy atom. The lowest BCUT2D eigenvalue weighted by Crippen LogP contribution is -2.44. The lowest BCUT2D eigenvalue weighted by molar-refractivity contribution is -0.125. The molecule has 0 aromatic heterocycles. The van der Waals surface area contributed by atoms with Crippen LogP contribution in [0.15, 0.2) is 30.3 Å². The highest BCUT2D eigenvalue weighted by atomic mass is 16.2. The highest BCUT2D eigenvalue weighted by Crippen LogP contribution is 2.33. The Bertz CT molecular complexity index is 707. The Hall–Kier alpha value is -2.57. The van der Waals surface area contributed by atoms with Gasteiger partial charge >= 0.3 is 6.03 Å². The lowest BCUT2D eigenvalue weighted by Gasteiger charge is -2.23. The van der Waals surface area contributed by atoms with E-state index < -0.39 is 0 Å². The molecule has 1 saturated carbocycles. The first-order chi connectivity index (χ1) is 13.4. The zero-order valence-corrected chi connectivity index (χ0v) is 16.6. The molecule has 28 heavy (non-hydrogen) atoms. The second kappa shape index (κ2) is 9.08. The molecule has 1 saturated heterocycles. The summed E-state index contributed by atoms with van der Waals surface area (Å²) >= 11 is 0. The number of carbonyl (C=O) groups excluding carboxylic acids is 3. The minimum atomic E-state index is -0.243. The van der Waals surface area contributed by atoms with Gasteiger partial charge in [-0.2, -0.15) is 0 Å². The van der Waals surface area contributed by atoms with Crippen LogP contribution in [0.1, 0.15) is 32.3 Å². The molecular formula is C21H30N4O3. The summed E-state index contributed by atoms with van der Waals surface area (Å²) in [5.74, 6) is 0.283. The van der Waals surface area contributed by atoms with Crippen LogP contribution in [0.2, 0.25) is 0 Å². The molecule has 3 rings (SSSR count). The number of hydrogen-bond donors (Lipinski definition) is 3. The first kappa shape index (κ1) is 20.2. The van der Waals surface area contributed by atoms with Gasteiger partial charge < -0.3 is 20.9 Å². The van der Waals surface area contributed by atoms with Crippen LogP contribution < -0.4 is 16.0 Å². The monoisotopic (exact) mass is 386 g/mol. The van der Waals surface area contributed by atoms with Crippen molar-refractivity contribution in [2.75, 3.05) is 19.6 Å². The van der Waals surface area contributed by atoms with Gasteiger partial charge in [-0.05, 0) is 30.2 Å². The van der Waals surface area contributed by atoms with Crippen molar-refractivity contribution in [2.45, 2.75) is 39.3 Å². The summed E-state index contributed by atoms with van der Waals surface area (Å²) in [7, 11) is 0. The maximum Gasteiger partial charge on any atom is 0.318 e. The molecule has 7 heteroatoms. The predicted octanol–water partition coefficient (Wildman–Crippen LogP) is 1.50. The van der Waals surface area contributed by atoms with Crippen LogP contribution in [0.25, 0.3) is 0 Å². The zero-order chi connectivity index (χ0) is 20.1. The molecule has 1 aliphatic heterocycles. The van der Waals surface area contributed by atoms with Crippen LogP contribution in [0.3, 0.4) is 0 Å². The molecule has 4 amide bonds. The van der Waals surface area contributed by atoms with Gasteiger partial charge in [0.05, 0.1) is 0 Å². The summed E-state index contributed by atoms with van der Waals surface area (Å²) in [5, 5.41) is 8.89. The molecular weight excluding hydrogens is 356 g/mol. The van der Waals surface area contributed by atoms with E-state index >= 15 is 0 Å². The number of fused-ring (bicyclic) bond motifs is 1. The minimum Gasteiger partial charge on any atom is -0.356 e. The van der Waals surface area contributed by atoms with Gasteiger partial charge in [0.25, 0.3) is 0 Å². The van der Waals surface area contributed by atoms with Gasteiger partial charge in [0, 0.05) is 31.6 Å². The minimum absolute atomic E-state index is 0.0470. The molecule has 7 nitrogen and oxygen atoms in total. The average Bonchev–Trinajstić information content (AvgIpc) is 2.99. The maximum atomic E-state index is 12.6. The summed E-state index contributed by atoms with van der Waals surface area (Å²) < 4.78 is 0. The maximum absolute atomic E-state index is 12.6. The van der Waals surface area contributed by atoms with E-state index in [1.54, 1.807) is 4.90 Å². The number of rotatable bonds is 5. The first-order valence-electron chi connectivity index (χ1n) is 10.1. The third kappa shape index (κ3) is 5.24. The van der Waals surface area contributed by atoms with Crippen molar-refractivity contribution in [2.24, 2.45) is 17.8 Å². The molecule has 1 heterocycles. The van der Waals surface area contributed by atoms with Gasteiger partial charge in [0.1, 0.15) is 6.54 Å². The highest BCUT2D eigenvalue weighted by Gasteiger charge is 2.42. The molecule has 2 fully saturated rings. The molecule has 3 N–H and O–H groups in total. The third-order valence-electron chi connectivity index (χ3n) is 5.46. The predicted molar refractivity (Wildman–Crippen MR) is 106 cm³/mol. The smallest absolute Gasteiger partial charge is 0.318 e. The van der Waals surface area contributed by atoms with E-state index in [0.29, 0.717) is 38.4 Å². The van der Waals surface area contributed by atoms with E-state index in [0.717, 1.165) is 5.56 Å². The largest absolute Gasteiger partial charge is 0.356 e. The van der Waals surface area contributed by atoms with Crippen LogP contribution in [0, 0.1) is 17.8 Å². The van der Waals surface area contributed by atoms with Crippen molar-refractivity contribution in [3.63, 3.8) is 0 Å². The molecule has 0 unspecified atom stereocenters. The van der Waals surface area contributed by atoms with Crippen LogP contribution in [0.5, 0.6) is 0 Å². The van der Waals surface area contributed by atoms with E-state index in [-0.39, 0.29) is 42.3 Å². The Morgan fingerprint density at radius 1 is 1.18 bits per heavy atom. The average molecular weight is 386 g/mol. The van der Waals surface area contributed by atoms with Crippen molar-refractivity contribution in [1.29, 1.82) is 0 Å². The molecule has 0 radical (unpaired) electrons. The molecule has 3 atom stereocenters. The standard InChI is InChI=1S/C21H30N4O3/c1-14(2)10-22-20(27)16-8-17-12-25(13-19(26)24-18(17)9-16)21(28)23-11-15-6-4-3-5-7-15/h3-7,14,16-18H,8-13H2,1-2H3,(H,22,27)(H,23,28)(H,24,26)/t16-,17+,18+/m0/s1.